The Morgan fingerprint density at radius 3 is 2.62 bits per heavy atom. The number of furan rings is 1. The maximum atomic E-state index is 13.7. The molecular formula is C22H18ClN3O3. The molecule has 7 heteroatoms. The van der Waals surface area contributed by atoms with Gasteiger partial charge in [-0.05, 0) is 38.1 Å². The number of pyridine rings is 1. The molecule has 0 spiro atoms. The third-order valence-electron chi connectivity index (χ3n) is 5.76. The minimum Gasteiger partial charge on any atom is -0.466 e. The molecule has 2 aliphatic heterocycles. The number of aromatic nitrogens is 1. The second-order valence-electron chi connectivity index (χ2n) is 7.34. The number of benzene rings is 1. The zero-order valence-electron chi connectivity index (χ0n) is 16.0. The molecule has 2 aliphatic rings. The summed E-state index contributed by atoms with van der Waals surface area (Å²) in [5.41, 5.74) is 1.51. The van der Waals surface area contributed by atoms with E-state index >= 15 is 0 Å². The number of amides is 2. The van der Waals surface area contributed by atoms with E-state index in [-0.39, 0.29) is 11.8 Å². The Balaban J connectivity index is 1.76. The van der Waals surface area contributed by atoms with Crippen LogP contribution in [0.2, 0.25) is 5.02 Å². The van der Waals surface area contributed by atoms with E-state index in [1.54, 1.807) is 53.4 Å². The van der Waals surface area contributed by atoms with Crippen molar-refractivity contribution in [3.05, 3.63) is 87.6 Å². The average molecular weight is 408 g/mol. The number of rotatable bonds is 2. The molecular weight excluding hydrogens is 390 g/mol. The number of hydrogen-bond acceptors (Lipinski definition) is 4. The van der Waals surface area contributed by atoms with E-state index in [0.29, 0.717) is 46.3 Å². The molecule has 5 rings (SSSR count). The second-order valence-corrected chi connectivity index (χ2v) is 7.78. The molecule has 29 heavy (non-hydrogen) atoms. The monoisotopic (exact) mass is 407 g/mol. The topological polar surface area (TPSA) is 66.7 Å². The normalized spacial score (nSPS) is 20.2. The first-order valence-electron chi connectivity index (χ1n) is 9.36. The molecule has 4 heterocycles. The molecule has 1 fully saturated rings. The number of halogens is 1. The Morgan fingerprint density at radius 2 is 1.93 bits per heavy atom. The minimum absolute atomic E-state index is 0.104. The molecule has 1 saturated heterocycles. The highest BCUT2D eigenvalue weighted by atomic mass is 35.5. The molecule has 1 unspecified atom stereocenters. The molecule has 146 valence electrons. The van der Waals surface area contributed by atoms with Gasteiger partial charge in [-0.3, -0.25) is 14.6 Å². The van der Waals surface area contributed by atoms with Crippen molar-refractivity contribution in [3.63, 3.8) is 0 Å². The third kappa shape index (κ3) is 2.32. The minimum atomic E-state index is -1.06. The van der Waals surface area contributed by atoms with Gasteiger partial charge in [0.05, 0.1) is 11.1 Å². The van der Waals surface area contributed by atoms with Crippen molar-refractivity contribution in [3.8, 4) is 0 Å². The lowest BCUT2D eigenvalue weighted by atomic mass is 9.90. The maximum absolute atomic E-state index is 13.7. The lowest BCUT2D eigenvalue weighted by Gasteiger charge is -2.40. The predicted octanol–water partition coefficient (Wildman–Crippen LogP) is 3.76. The summed E-state index contributed by atoms with van der Waals surface area (Å²) in [4.78, 5) is 34.6. The van der Waals surface area contributed by atoms with Gasteiger partial charge in [-0.15, -0.1) is 0 Å². The van der Waals surface area contributed by atoms with E-state index < -0.39 is 5.66 Å². The summed E-state index contributed by atoms with van der Waals surface area (Å²) in [6, 6.07) is 10.7. The molecule has 1 atom stereocenters. The van der Waals surface area contributed by atoms with E-state index in [9.17, 15) is 9.59 Å². The van der Waals surface area contributed by atoms with Gasteiger partial charge in [-0.2, -0.15) is 0 Å². The Kier molecular flexibility index (Phi) is 3.83. The first-order valence-corrected chi connectivity index (χ1v) is 9.74. The zero-order valence-corrected chi connectivity index (χ0v) is 16.7. The van der Waals surface area contributed by atoms with Crippen LogP contribution < -0.4 is 0 Å². The number of aryl methyl sites for hydroxylation is 2. The summed E-state index contributed by atoms with van der Waals surface area (Å²) in [6.07, 6.45) is 3.28. The van der Waals surface area contributed by atoms with Crippen LogP contribution in [-0.2, 0) is 5.66 Å². The van der Waals surface area contributed by atoms with Gasteiger partial charge in [0.1, 0.15) is 11.5 Å². The Morgan fingerprint density at radius 1 is 1.17 bits per heavy atom. The SMILES string of the molecule is Cc1cc(C(=O)N2CCN3C(=O)c4ccncc4C32c2ccc(Cl)cc2)c(C)o1. The van der Waals surface area contributed by atoms with Crippen molar-refractivity contribution in [1.29, 1.82) is 0 Å². The fourth-order valence-corrected chi connectivity index (χ4v) is 4.73. The van der Waals surface area contributed by atoms with Crippen LogP contribution in [0.3, 0.4) is 0 Å². The van der Waals surface area contributed by atoms with Crippen molar-refractivity contribution >= 4 is 23.4 Å². The Labute approximate surface area is 172 Å². The molecule has 1 aromatic carbocycles. The number of fused-ring (bicyclic) bond motifs is 3. The van der Waals surface area contributed by atoms with Gasteiger partial charge < -0.3 is 14.2 Å². The van der Waals surface area contributed by atoms with Gasteiger partial charge in [0.2, 0.25) is 0 Å². The van der Waals surface area contributed by atoms with Gasteiger partial charge in [0, 0.05) is 41.6 Å². The van der Waals surface area contributed by atoms with E-state index in [1.807, 2.05) is 19.1 Å². The number of carbonyl (C=O) groups excluding carboxylic acids is 2. The van der Waals surface area contributed by atoms with Crippen molar-refractivity contribution in [2.75, 3.05) is 13.1 Å². The summed E-state index contributed by atoms with van der Waals surface area (Å²) in [6.45, 7) is 4.43. The van der Waals surface area contributed by atoms with E-state index in [1.165, 1.54) is 0 Å². The molecule has 0 bridgehead atoms. The fraction of sp³-hybridized carbons (Fsp3) is 0.227. The van der Waals surface area contributed by atoms with E-state index in [0.717, 1.165) is 5.56 Å². The average Bonchev–Trinajstić information content (AvgIpc) is 3.34. The molecule has 0 radical (unpaired) electrons. The van der Waals surface area contributed by atoms with Gasteiger partial charge in [0.25, 0.3) is 11.8 Å². The first-order chi connectivity index (χ1) is 13.9. The third-order valence-corrected chi connectivity index (χ3v) is 6.02. The van der Waals surface area contributed by atoms with Crippen molar-refractivity contribution in [1.82, 2.24) is 14.8 Å². The molecule has 3 aromatic rings. The smallest absolute Gasteiger partial charge is 0.259 e. The highest BCUT2D eigenvalue weighted by Crippen LogP contribution is 2.50. The second kappa shape index (κ2) is 6.19. The highest BCUT2D eigenvalue weighted by Gasteiger charge is 2.60. The Hall–Kier alpha value is -3.12. The van der Waals surface area contributed by atoms with Crippen LogP contribution in [0.25, 0.3) is 0 Å². The van der Waals surface area contributed by atoms with Crippen LogP contribution in [0.15, 0.2) is 53.2 Å². The lowest BCUT2D eigenvalue weighted by molar-refractivity contribution is 0.0373. The quantitative estimate of drug-likeness (QED) is 0.648. The van der Waals surface area contributed by atoms with E-state index in [2.05, 4.69) is 4.98 Å². The summed E-state index contributed by atoms with van der Waals surface area (Å²) >= 11 is 6.12. The lowest BCUT2D eigenvalue weighted by Crippen LogP contribution is -2.51. The van der Waals surface area contributed by atoms with Crippen LogP contribution in [0, 0.1) is 13.8 Å². The van der Waals surface area contributed by atoms with Crippen LogP contribution >= 0.6 is 11.6 Å². The molecule has 0 N–H and O–H groups in total. The number of nitrogens with zero attached hydrogens (tertiary/aromatic N) is 3. The van der Waals surface area contributed by atoms with Gasteiger partial charge in [-0.25, -0.2) is 0 Å². The number of hydrogen-bond donors (Lipinski definition) is 0. The van der Waals surface area contributed by atoms with Crippen molar-refractivity contribution in [2.45, 2.75) is 19.5 Å². The summed E-state index contributed by atoms with van der Waals surface area (Å²) < 4.78 is 5.59. The number of carbonyl (C=O) groups is 2. The standard InChI is InChI=1S/C22H18ClN3O3/c1-13-11-18(14(2)29-13)21(28)26-10-9-25-20(27)17-7-8-24-12-19(17)22(25,26)15-3-5-16(23)6-4-15/h3-8,11-12H,9-10H2,1-2H3. The van der Waals surface area contributed by atoms with Crippen molar-refractivity contribution in [2.24, 2.45) is 0 Å². The van der Waals surface area contributed by atoms with Gasteiger partial charge >= 0.3 is 0 Å². The van der Waals surface area contributed by atoms with Crippen LogP contribution in [-0.4, -0.2) is 39.7 Å². The molecule has 2 amide bonds. The predicted molar refractivity (Wildman–Crippen MR) is 107 cm³/mol. The maximum Gasteiger partial charge on any atom is 0.259 e. The summed E-state index contributed by atoms with van der Waals surface area (Å²) in [5.74, 6) is 0.953. The fourth-order valence-electron chi connectivity index (χ4n) is 4.60. The van der Waals surface area contributed by atoms with Gasteiger partial charge in [0.15, 0.2) is 5.66 Å². The molecule has 6 nitrogen and oxygen atoms in total. The van der Waals surface area contributed by atoms with Crippen molar-refractivity contribution < 1.29 is 14.0 Å². The molecule has 0 saturated carbocycles. The van der Waals surface area contributed by atoms with Crippen LogP contribution in [0.1, 0.15) is 43.4 Å². The zero-order chi connectivity index (χ0) is 20.3. The van der Waals surface area contributed by atoms with E-state index in [4.69, 9.17) is 16.0 Å². The Bertz CT molecular complexity index is 1150. The highest BCUT2D eigenvalue weighted by molar-refractivity contribution is 6.30. The largest absolute Gasteiger partial charge is 0.466 e. The van der Waals surface area contributed by atoms with Gasteiger partial charge in [-0.1, -0.05) is 23.7 Å². The molecule has 2 aromatic heterocycles. The summed E-state index contributed by atoms with van der Waals surface area (Å²) in [7, 11) is 0. The first kappa shape index (κ1) is 17.9. The molecule has 0 aliphatic carbocycles. The summed E-state index contributed by atoms with van der Waals surface area (Å²) in [5, 5.41) is 0.588. The van der Waals surface area contributed by atoms with Crippen LogP contribution in [0.4, 0.5) is 0 Å². The van der Waals surface area contributed by atoms with Crippen LogP contribution in [0.5, 0.6) is 0 Å².